The third kappa shape index (κ3) is 3.70. The van der Waals surface area contributed by atoms with Gasteiger partial charge in [-0.15, -0.1) is 0 Å². The van der Waals surface area contributed by atoms with Crippen molar-refractivity contribution in [2.24, 2.45) is 5.73 Å². The quantitative estimate of drug-likeness (QED) is 0.604. The van der Waals surface area contributed by atoms with Crippen LogP contribution in [0.4, 0.5) is 0 Å². The Morgan fingerprint density at radius 2 is 2.06 bits per heavy atom. The van der Waals surface area contributed by atoms with Crippen LogP contribution in [0.5, 0.6) is 0 Å². The molecule has 0 spiro atoms. The molecule has 0 aliphatic carbocycles. The van der Waals surface area contributed by atoms with Gasteiger partial charge in [0.2, 0.25) is 6.79 Å². The second-order valence-electron chi connectivity index (χ2n) is 3.09. The van der Waals surface area contributed by atoms with Crippen molar-refractivity contribution in [3.8, 4) is 0 Å². The number of nitrogens with two attached hydrogens (primary N) is 1. The second kappa shape index (κ2) is 5.87. The van der Waals surface area contributed by atoms with Crippen molar-refractivity contribution in [3.63, 3.8) is 0 Å². The van der Waals surface area contributed by atoms with E-state index in [2.05, 4.69) is 4.74 Å². The molecule has 0 fully saturated rings. The van der Waals surface area contributed by atoms with Gasteiger partial charge in [0.25, 0.3) is 0 Å². The summed E-state index contributed by atoms with van der Waals surface area (Å²) in [5.74, 6) is -1.04. The summed E-state index contributed by atoms with van der Waals surface area (Å²) in [5, 5.41) is 0. The van der Waals surface area contributed by atoms with E-state index in [0.717, 1.165) is 5.56 Å². The van der Waals surface area contributed by atoms with Crippen molar-refractivity contribution >= 4 is 11.9 Å². The number of ether oxygens (including phenoxy) is 2. The standard InChI is InChI=1S/C11H13NO4/c1-8(13)15-7-16-11(14)10-4-2-3-9(5-10)6-12/h2-5H,6-7,12H2,1H3. The topological polar surface area (TPSA) is 78.6 Å². The Balaban J connectivity index is 2.55. The molecule has 0 saturated carbocycles. The van der Waals surface area contributed by atoms with E-state index in [9.17, 15) is 9.59 Å². The first kappa shape index (κ1) is 12.2. The Morgan fingerprint density at radius 3 is 2.69 bits per heavy atom. The minimum atomic E-state index is -0.545. The van der Waals surface area contributed by atoms with Crippen molar-refractivity contribution in [1.82, 2.24) is 0 Å². The van der Waals surface area contributed by atoms with E-state index in [1.165, 1.54) is 6.92 Å². The molecule has 0 unspecified atom stereocenters. The number of benzene rings is 1. The summed E-state index contributed by atoms with van der Waals surface area (Å²) in [4.78, 5) is 21.9. The molecule has 0 aromatic heterocycles. The van der Waals surface area contributed by atoms with Crippen LogP contribution in [0, 0.1) is 0 Å². The molecule has 1 rings (SSSR count). The van der Waals surface area contributed by atoms with E-state index >= 15 is 0 Å². The molecular formula is C11H13NO4. The zero-order valence-corrected chi connectivity index (χ0v) is 8.93. The molecule has 1 aromatic rings. The fourth-order valence-corrected chi connectivity index (χ4v) is 1.07. The third-order valence-electron chi connectivity index (χ3n) is 1.85. The van der Waals surface area contributed by atoms with Gasteiger partial charge < -0.3 is 15.2 Å². The summed E-state index contributed by atoms with van der Waals surface area (Å²) in [7, 11) is 0. The minimum Gasteiger partial charge on any atom is -0.428 e. The summed E-state index contributed by atoms with van der Waals surface area (Å²) in [6.07, 6.45) is 0. The number of esters is 2. The molecule has 1 aromatic carbocycles. The van der Waals surface area contributed by atoms with E-state index in [0.29, 0.717) is 12.1 Å². The highest BCUT2D eigenvalue weighted by Gasteiger charge is 2.07. The third-order valence-corrected chi connectivity index (χ3v) is 1.85. The highest BCUT2D eigenvalue weighted by atomic mass is 16.7. The predicted molar refractivity (Wildman–Crippen MR) is 56.4 cm³/mol. The summed E-state index contributed by atoms with van der Waals surface area (Å²) in [6.45, 7) is 1.22. The predicted octanol–water partition coefficient (Wildman–Crippen LogP) is 0.823. The summed E-state index contributed by atoms with van der Waals surface area (Å²) in [5.41, 5.74) is 6.66. The van der Waals surface area contributed by atoms with Crippen LogP contribution < -0.4 is 5.73 Å². The number of hydrogen-bond acceptors (Lipinski definition) is 5. The molecule has 0 aliphatic rings. The van der Waals surface area contributed by atoms with E-state index < -0.39 is 11.9 Å². The lowest BCUT2D eigenvalue weighted by Gasteiger charge is -2.05. The number of carbonyl (C=O) groups excluding carboxylic acids is 2. The first-order valence-electron chi connectivity index (χ1n) is 4.73. The number of rotatable bonds is 4. The Kier molecular flexibility index (Phi) is 4.47. The molecule has 86 valence electrons. The molecule has 0 amide bonds. The average molecular weight is 223 g/mol. The summed E-state index contributed by atoms with van der Waals surface area (Å²) < 4.78 is 9.20. The molecular weight excluding hydrogens is 210 g/mol. The highest BCUT2D eigenvalue weighted by Crippen LogP contribution is 2.06. The monoisotopic (exact) mass is 223 g/mol. The van der Waals surface area contributed by atoms with Crippen LogP contribution in [0.3, 0.4) is 0 Å². The van der Waals surface area contributed by atoms with Gasteiger partial charge in [-0.3, -0.25) is 4.79 Å². The maximum atomic E-state index is 11.4. The van der Waals surface area contributed by atoms with Crippen LogP contribution in [-0.2, 0) is 20.8 Å². The molecule has 0 aliphatic heterocycles. The van der Waals surface area contributed by atoms with Crippen LogP contribution >= 0.6 is 0 Å². The average Bonchev–Trinajstić information content (AvgIpc) is 2.28. The molecule has 16 heavy (non-hydrogen) atoms. The van der Waals surface area contributed by atoms with Crippen molar-refractivity contribution in [1.29, 1.82) is 0 Å². The lowest BCUT2D eigenvalue weighted by molar-refractivity contribution is -0.149. The van der Waals surface area contributed by atoms with Gasteiger partial charge in [0.15, 0.2) is 0 Å². The molecule has 5 heteroatoms. The molecule has 0 atom stereocenters. The van der Waals surface area contributed by atoms with Crippen molar-refractivity contribution in [3.05, 3.63) is 35.4 Å². The normalized spacial score (nSPS) is 9.62. The fraction of sp³-hybridized carbons (Fsp3) is 0.273. The second-order valence-corrected chi connectivity index (χ2v) is 3.09. The Hall–Kier alpha value is -1.88. The van der Waals surface area contributed by atoms with Gasteiger partial charge in [0.1, 0.15) is 0 Å². The van der Waals surface area contributed by atoms with Crippen molar-refractivity contribution in [2.45, 2.75) is 13.5 Å². The van der Waals surface area contributed by atoms with E-state index in [1.54, 1.807) is 18.2 Å². The molecule has 2 N–H and O–H groups in total. The van der Waals surface area contributed by atoms with Gasteiger partial charge in [-0.25, -0.2) is 4.79 Å². The Labute approximate surface area is 93.1 Å². The Bertz CT molecular complexity index is 389. The fourth-order valence-electron chi connectivity index (χ4n) is 1.07. The lowest BCUT2D eigenvalue weighted by Crippen LogP contribution is -2.11. The highest BCUT2D eigenvalue weighted by molar-refractivity contribution is 5.89. The minimum absolute atomic E-state index is 0.352. The first-order valence-corrected chi connectivity index (χ1v) is 4.73. The van der Waals surface area contributed by atoms with Gasteiger partial charge in [0.05, 0.1) is 5.56 Å². The molecule has 0 saturated heterocycles. The molecule has 0 heterocycles. The first-order chi connectivity index (χ1) is 7.63. The van der Waals surface area contributed by atoms with Gasteiger partial charge in [0, 0.05) is 13.5 Å². The smallest absolute Gasteiger partial charge is 0.341 e. The molecule has 5 nitrogen and oxygen atoms in total. The van der Waals surface area contributed by atoms with Crippen LogP contribution in [0.15, 0.2) is 24.3 Å². The van der Waals surface area contributed by atoms with E-state index in [-0.39, 0.29) is 6.79 Å². The number of carbonyl (C=O) groups is 2. The van der Waals surface area contributed by atoms with Crippen molar-refractivity contribution in [2.75, 3.05) is 6.79 Å². The van der Waals surface area contributed by atoms with Gasteiger partial charge in [-0.05, 0) is 17.7 Å². The van der Waals surface area contributed by atoms with Crippen LogP contribution in [-0.4, -0.2) is 18.7 Å². The van der Waals surface area contributed by atoms with Crippen molar-refractivity contribution < 1.29 is 19.1 Å². The van der Waals surface area contributed by atoms with Crippen LogP contribution in [0.1, 0.15) is 22.8 Å². The van der Waals surface area contributed by atoms with Gasteiger partial charge >= 0.3 is 11.9 Å². The summed E-state index contributed by atoms with van der Waals surface area (Å²) >= 11 is 0. The maximum Gasteiger partial charge on any atom is 0.341 e. The van der Waals surface area contributed by atoms with E-state index in [1.807, 2.05) is 6.07 Å². The number of hydrogen-bond donors (Lipinski definition) is 1. The zero-order chi connectivity index (χ0) is 12.0. The zero-order valence-electron chi connectivity index (χ0n) is 8.93. The largest absolute Gasteiger partial charge is 0.428 e. The molecule has 0 bridgehead atoms. The SMILES string of the molecule is CC(=O)OCOC(=O)c1cccc(CN)c1. The maximum absolute atomic E-state index is 11.4. The van der Waals surface area contributed by atoms with Gasteiger partial charge in [-0.2, -0.15) is 0 Å². The Morgan fingerprint density at radius 1 is 1.31 bits per heavy atom. The summed E-state index contributed by atoms with van der Waals surface area (Å²) in [6, 6.07) is 6.76. The van der Waals surface area contributed by atoms with E-state index in [4.69, 9.17) is 10.5 Å². The van der Waals surface area contributed by atoms with Crippen LogP contribution in [0.25, 0.3) is 0 Å². The van der Waals surface area contributed by atoms with Crippen LogP contribution in [0.2, 0.25) is 0 Å². The lowest BCUT2D eigenvalue weighted by atomic mass is 10.1. The molecule has 0 radical (unpaired) electrons. The van der Waals surface area contributed by atoms with Gasteiger partial charge in [-0.1, -0.05) is 12.1 Å².